The molecule has 0 aliphatic carbocycles. The number of likely N-dealkylation sites (N-methyl/N-ethyl adjacent to an activating group) is 1. The van der Waals surface area contributed by atoms with Crippen molar-refractivity contribution in [3.63, 3.8) is 0 Å². The summed E-state index contributed by atoms with van der Waals surface area (Å²) in [5.74, 6) is -0.268. The van der Waals surface area contributed by atoms with Crippen LogP contribution >= 0.6 is 0 Å². The van der Waals surface area contributed by atoms with Crippen LogP contribution in [-0.4, -0.2) is 44.5 Å². The molecule has 1 heterocycles. The van der Waals surface area contributed by atoms with Gasteiger partial charge in [0.2, 0.25) is 0 Å². The summed E-state index contributed by atoms with van der Waals surface area (Å²) >= 11 is 0. The van der Waals surface area contributed by atoms with Gasteiger partial charge in [0.1, 0.15) is 0 Å². The van der Waals surface area contributed by atoms with E-state index in [-0.39, 0.29) is 18.1 Å². The lowest BCUT2D eigenvalue weighted by Crippen LogP contribution is -2.31. The molecule has 3 rings (SSSR count). The zero-order valence-electron chi connectivity index (χ0n) is 14.9. The fraction of sp³-hybridized carbons (Fsp3) is 0.250. The van der Waals surface area contributed by atoms with Crippen LogP contribution in [0, 0.1) is 6.92 Å². The molecular weight excluding hydrogens is 328 g/mol. The average molecular weight is 350 g/mol. The highest BCUT2D eigenvalue weighted by atomic mass is 16.3. The molecule has 6 nitrogen and oxygen atoms in total. The molecule has 0 saturated carbocycles. The van der Waals surface area contributed by atoms with Crippen LogP contribution < -0.4 is 0 Å². The summed E-state index contributed by atoms with van der Waals surface area (Å²) in [4.78, 5) is 14.0. The lowest BCUT2D eigenvalue weighted by molar-refractivity contribution is 0.0675. The van der Waals surface area contributed by atoms with Gasteiger partial charge in [-0.1, -0.05) is 59.8 Å². The number of carbonyl (C=O) groups is 1. The lowest BCUT2D eigenvalue weighted by atomic mass is 10.1. The summed E-state index contributed by atoms with van der Waals surface area (Å²) < 4.78 is 1.65. The van der Waals surface area contributed by atoms with E-state index in [1.165, 1.54) is 10.5 Å². The first-order valence-electron chi connectivity index (χ1n) is 8.47. The van der Waals surface area contributed by atoms with Crippen molar-refractivity contribution in [2.45, 2.75) is 19.6 Å². The number of hydrogen-bond donors (Lipinski definition) is 1. The Morgan fingerprint density at radius 1 is 1.15 bits per heavy atom. The third-order valence-corrected chi connectivity index (χ3v) is 4.33. The van der Waals surface area contributed by atoms with Crippen LogP contribution in [0.1, 0.15) is 33.3 Å². The van der Waals surface area contributed by atoms with E-state index in [1.54, 1.807) is 17.9 Å². The fourth-order valence-electron chi connectivity index (χ4n) is 2.75. The number of nitrogens with zero attached hydrogens (tertiary/aromatic N) is 4. The van der Waals surface area contributed by atoms with E-state index < -0.39 is 6.10 Å². The monoisotopic (exact) mass is 350 g/mol. The number of carbonyl (C=O) groups excluding carboxylic acids is 1. The second-order valence-corrected chi connectivity index (χ2v) is 6.34. The smallest absolute Gasteiger partial charge is 0.275 e. The minimum absolute atomic E-state index is 0.188. The van der Waals surface area contributed by atoms with E-state index in [4.69, 9.17) is 0 Å². The van der Waals surface area contributed by atoms with Gasteiger partial charge in [0.15, 0.2) is 5.69 Å². The number of hydrogen-bond acceptors (Lipinski definition) is 4. The van der Waals surface area contributed by atoms with Crippen molar-refractivity contribution < 1.29 is 9.90 Å². The van der Waals surface area contributed by atoms with Gasteiger partial charge in [0.05, 0.1) is 25.4 Å². The van der Waals surface area contributed by atoms with Crippen molar-refractivity contribution in [2.75, 3.05) is 13.6 Å². The molecule has 0 saturated heterocycles. The first kappa shape index (κ1) is 17.8. The summed E-state index contributed by atoms with van der Waals surface area (Å²) in [6.45, 7) is 2.79. The fourth-order valence-corrected chi connectivity index (χ4v) is 2.75. The Labute approximate surface area is 152 Å². The molecule has 3 aromatic rings. The first-order valence-corrected chi connectivity index (χ1v) is 8.47. The summed E-state index contributed by atoms with van der Waals surface area (Å²) in [6, 6.07) is 17.3. The van der Waals surface area contributed by atoms with Crippen molar-refractivity contribution in [3.8, 4) is 0 Å². The highest BCUT2D eigenvalue weighted by Gasteiger charge is 2.19. The second-order valence-electron chi connectivity index (χ2n) is 6.34. The molecule has 0 spiro atoms. The Balaban J connectivity index is 1.65. The predicted molar refractivity (Wildman–Crippen MR) is 98.7 cm³/mol. The van der Waals surface area contributed by atoms with Crippen LogP contribution in [-0.2, 0) is 6.54 Å². The predicted octanol–water partition coefficient (Wildman–Crippen LogP) is 2.44. The van der Waals surface area contributed by atoms with Crippen molar-refractivity contribution in [1.29, 1.82) is 0 Å². The highest BCUT2D eigenvalue weighted by Crippen LogP contribution is 2.14. The van der Waals surface area contributed by atoms with Crippen LogP contribution in [0.2, 0.25) is 0 Å². The molecule has 26 heavy (non-hydrogen) atoms. The molecule has 0 fully saturated rings. The standard InChI is InChI=1S/C20H22N4O2/c1-15-8-6-7-11-17(15)12-24-13-18(21-22-24)20(26)23(2)14-19(25)16-9-4-3-5-10-16/h3-11,13,19,25H,12,14H2,1-2H3. The molecule has 1 aromatic heterocycles. The maximum Gasteiger partial charge on any atom is 0.275 e. The van der Waals surface area contributed by atoms with E-state index >= 15 is 0 Å². The zero-order chi connectivity index (χ0) is 18.5. The number of aryl methyl sites for hydroxylation is 1. The van der Waals surface area contributed by atoms with E-state index in [1.807, 2.05) is 61.5 Å². The Morgan fingerprint density at radius 2 is 1.85 bits per heavy atom. The number of aliphatic hydroxyl groups excluding tert-OH is 1. The maximum absolute atomic E-state index is 12.5. The van der Waals surface area contributed by atoms with E-state index in [0.29, 0.717) is 6.54 Å². The molecule has 6 heteroatoms. The third kappa shape index (κ3) is 4.15. The van der Waals surface area contributed by atoms with Crippen molar-refractivity contribution in [3.05, 3.63) is 83.2 Å². The molecule has 134 valence electrons. The summed E-state index contributed by atoms with van der Waals surface area (Å²) in [7, 11) is 1.65. The molecule has 1 N–H and O–H groups in total. The van der Waals surface area contributed by atoms with Gasteiger partial charge in [-0.05, 0) is 23.6 Å². The number of aliphatic hydroxyl groups is 1. The molecule has 1 unspecified atom stereocenters. The number of benzene rings is 2. The van der Waals surface area contributed by atoms with Crippen LogP contribution in [0.25, 0.3) is 0 Å². The van der Waals surface area contributed by atoms with Gasteiger partial charge in [0, 0.05) is 7.05 Å². The average Bonchev–Trinajstić information content (AvgIpc) is 3.12. The summed E-state index contributed by atoms with van der Waals surface area (Å²) in [5, 5.41) is 18.3. The van der Waals surface area contributed by atoms with Crippen LogP contribution in [0.3, 0.4) is 0 Å². The topological polar surface area (TPSA) is 71.2 Å². The number of aromatic nitrogens is 3. The number of amides is 1. The Kier molecular flexibility index (Phi) is 5.43. The van der Waals surface area contributed by atoms with Gasteiger partial charge in [-0.25, -0.2) is 4.68 Å². The van der Waals surface area contributed by atoms with Gasteiger partial charge >= 0.3 is 0 Å². The largest absolute Gasteiger partial charge is 0.387 e. The summed E-state index contributed by atoms with van der Waals surface area (Å²) in [5.41, 5.74) is 3.33. The van der Waals surface area contributed by atoms with E-state index in [0.717, 1.165) is 11.1 Å². The normalized spacial score (nSPS) is 12.0. The van der Waals surface area contributed by atoms with Gasteiger partial charge in [-0.2, -0.15) is 0 Å². The molecule has 1 amide bonds. The molecule has 0 aliphatic rings. The summed E-state index contributed by atoms with van der Waals surface area (Å²) in [6.07, 6.45) is 0.896. The third-order valence-electron chi connectivity index (χ3n) is 4.33. The minimum atomic E-state index is -0.743. The second kappa shape index (κ2) is 7.93. The van der Waals surface area contributed by atoms with Gasteiger partial charge in [0.25, 0.3) is 5.91 Å². The first-order chi connectivity index (χ1) is 12.5. The Bertz CT molecular complexity index is 876. The SMILES string of the molecule is Cc1ccccc1Cn1cc(C(=O)N(C)CC(O)c2ccccc2)nn1. The quantitative estimate of drug-likeness (QED) is 0.741. The van der Waals surface area contributed by atoms with Gasteiger partial charge in [-0.15, -0.1) is 5.10 Å². The van der Waals surface area contributed by atoms with Crippen molar-refractivity contribution in [1.82, 2.24) is 19.9 Å². The Morgan fingerprint density at radius 3 is 2.58 bits per heavy atom. The number of rotatable bonds is 6. The highest BCUT2D eigenvalue weighted by molar-refractivity contribution is 5.91. The molecule has 0 aliphatic heterocycles. The maximum atomic E-state index is 12.5. The minimum Gasteiger partial charge on any atom is -0.387 e. The molecule has 2 aromatic carbocycles. The van der Waals surface area contributed by atoms with Gasteiger partial charge in [-0.3, -0.25) is 4.79 Å². The molecule has 1 atom stereocenters. The van der Waals surface area contributed by atoms with Crippen molar-refractivity contribution >= 4 is 5.91 Å². The van der Waals surface area contributed by atoms with E-state index in [9.17, 15) is 9.90 Å². The Hall–Kier alpha value is -2.99. The molecule has 0 bridgehead atoms. The van der Waals surface area contributed by atoms with Crippen LogP contribution in [0.4, 0.5) is 0 Å². The van der Waals surface area contributed by atoms with E-state index in [2.05, 4.69) is 10.3 Å². The van der Waals surface area contributed by atoms with Crippen LogP contribution in [0.15, 0.2) is 60.8 Å². The van der Waals surface area contributed by atoms with Gasteiger partial charge < -0.3 is 10.0 Å². The van der Waals surface area contributed by atoms with Crippen molar-refractivity contribution in [2.24, 2.45) is 0 Å². The lowest BCUT2D eigenvalue weighted by Gasteiger charge is -2.20. The zero-order valence-corrected chi connectivity index (χ0v) is 14.9. The van der Waals surface area contributed by atoms with Crippen LogP contribution in [0.5, 0.6) is 0 Å². The molecular formula is C20H22N4O2. The molecule has 0 radical (unpaired) electrons.